The van der Waals surface area contributed by atoms with Crippen LogP contribution in [0.2, 0.25) is 0 Å². The van der Waals surface area contributed by atoms with E-state index >= 15 is 0 Å². The first kappa shape index (κ1) is 11.5. The van der Waals surface area contributed by atoms with Gasteiger partial charge in [-0.3, -0.25) is 0 Å². The van der Waals surface area contributed by atoms with Crippen molar-refractivity contribution in [3.05, 3.63) is 19.3 Å². The maximum Gasteiger partial charge on any atom is 0.489 e. The maximum atomic E-state index is 9.01. The lowest BCUT2D eigenvalue weighted by Gasteiger charge is -2.08. The number of rotatable bonds is 2. The predicted molar refractivity (Wildman–Crippen MR) is 68.3 cm³/mol. The second-order valence-electron chi connectivity index (χ2n) is 2.38. The van der Waals surface area contributed by atoms with Gasteiger partial charge in [0, 0.05) is 3.57 Å². The second kappa shape index (κ2) is 4.81. The standard InChI is InChI=1S/C7H7BI2O3/c1-13-7-2-4(8(11)12)5(9)3-6(7)10/h2-3,11-12H,1H3. The van der Waals surface area contributed by atoms with E-state index in [1.165, 1.54) is 0 Å². The Morgan fingerprint density at radius 1 is 1.23 bits per heavy atom. The zero-order chi connectivity index (χ0) is 10.0. The fourth-order valence-electron chi connectivity index (χ4n) is 0.899. The lowest BCUT2D eigenvalue weighted by Crippen LogP contribution is -2.32. The topological polar surface area (TPSA) is 49.7 Å². The summed E-state index contributed by atoms with van der Waals surface area (Å²) in [4.78, 5) is 0. The van der Waals surface area contributed by atoms with Gasteiger partial charge < -0.3 is 14.8 Å². The minimum Gasteiger partial charge on any atom is -0.496 e. The zero-order valence-corrected chi connectivity index (χ0v) is 11.1. The summed E-state index contributed by atoms with van der Waals surface area (Å²) >= 11 is 4.19. The molecule has 0 aliphatic rings. The van der Waals surface area contributed by atoms with E-state index in [0.29, 0.717) is 11.2 Å². The normalized spacial score (nSPS) is 9.92. The van der Waals surface area contributed by atoms with E-state index in [-0.39, 0.29) is 0 Å². The molecule has 0 saturated carbocycles. The van der Waals surface area contributed by atoms with Gasteiger partial charge in [-0.05, 0) is 62.8 Å². The van der Waals surface area contributed by atoms with Gasteiger partial charge in [-0.25, -0.2) is 0 Å². The van der Waals surface area contributed by atoms with E-state index in [4.69, 9.17) is 14.8 Å². The van der Waals surface area contributed by atoms with Crippen LogP contribution < -0.4 is 10.2 Å². The molecular formula is C7H7BI2O3. The molecule has 3 nitrogen and oxygen atoms in total. The molecule has 0 aromatic heterocycles. The van der Waals surface area contributed by atoms with E-state index in [9.17, 15) is 0 Å². The molecular weight excluding hydrogens is 397 g/mol. The number of benzene rings is 1. The number of hydrogen-bond donors (Lipinski definition) is 2. The van der Waals surface area contributed by atoms with Gasteiger partial charge in [0.25, 0.3) is 0 Å². The summed E-state index contributed by atoms with van der Waals surface area (Å²) in [6.45, 7) is 0. The van der Waals surface area contributed by atoms with Gasteiger partial charge >= 0.3 is 7.12 Å². The van der Waals surface area contributed by atoms with E-state index in [1.807, 2.05) is 6.07 Å². The minimum atomic E-state index is -1.45. The molecule has 0 bridgehead atoms. The van der Waals surface area contributed by atoms with Crippen molar-refractivity contribution in [2.75, 3.05) is 7.11 Å². The summed E-state index contributed by atoms with van der Waals surface area (Å²) in [5, 5.41) is 18.0. The van der Waals surface area contributed by atoms with Gasteiger partial charge in [-0.15, -0.1) is 0 Å². The summed E-state index contributed by atoms with van der Waals surface area (Å²) < 4.78 is 6.83. The highest BCUT2D eigenvalue weighted by molar-refractivity contribution is 14.1. The van der Waals surface area contributed by atoms with Gasteiger partial charge in [0.15, 0.2) is 0 Å². The predicted octanol–water partition coefficient (Wildman–Crippen LogP) is 0.584. The molecule has 1 rings (SSSR count). The summed E-state index contributed by atoms with van der Waals surface area (Å²) in [5.74, 6) is 0.657. The maximum absolute atomic E-state index is 9.01. The highest BCUT2D eigenvalue weighted by atomic mass is 127. The highest BCUT2D eigenvalue weighted by Crippen LogP contribution is 2.21. The number of hydrogen-bond acceptors (Lipinski definition) is 3. The van der Waals surface area contributed by atoms with Gasteiger partial charge in [-0.2, -0.15) is 0 Å². The van der Waals surface area contributed by atoms with Crippen molar-refractivity contribution in [2.45, 2.75) is 0 Å². The Labute approximate surface area is 104 Å². The minimum absolute atomic E-state index is 0.470. The smallest absolute Gasteiger partial charge is 0.489 e. The van der Waals surface area contributed by atoms with Crippen LogP contribution in [-0.4, -0.2) is 24.3 Å². The third kappa shape index (κ3) is 2.70. The first-order valence-electron chi connectivity index (χ1n) is 3.45. The molecule has 1 aromatic rings. The molecule has 0 radical (unpaired) electrons. The Hall–Kier alpha value is 0.465. The van der Waals surface area contributed by atoms with Crippen LogP contribution >= 0.6 is 45.2 Å². The van der Waals surface area contributed by atoms with Crippen LogP contribution in [0.3, 0.4) is 0 Å². The second-order valence-corrected chi connectivity index (χ2v) is 4.71. The van der Waals surface area contributed by atoms with Crippen molar-refractivity contribution in [2.24, 2.45) is 0 Å². The van der Waals surface area contributed by atoms with Gasteiger partial charge in [0.1, 0.15) is 5.75 Å². The Kier molecular flexibility index (Phi) is 4.27. The Morgan fingerprint density at radius 2 is 1.85 bits per heavy atom. The van der Waals surface area contributed by atoms with Crippen LogP contribution in [-0.2, 0) is 0 Å². The summed E-state index contributed by atoms with van der Waals surface area (Å²) in [5.41, 5.74) is 0.470. The van der Waals surface area contributed by atoms with E-state index in [0.717, 1.165) is 7.14 Å². The lowest BCUT2D eigenvalue weighted by molar-refractivity contribution is 0.409. The molecule has 0 saturated heterocycles. The summed E-state index contributed by atoms with van der Waals surface area (Å²) in [6.07, 6.45) is 0. The number of methoxy groups -OCH3 is 1. The van der Waals surface area contributed by atoms with Gasteiger partial charge in [0.05, 0.1) is 10.7 Å². The third-order valence-corrected chi connectivity index (χ3v) is 3.33. The van der Waals surface area contributed by atoms with E-state index < -0.39 is 7.12 Å². The lowest BCUT2D eigenvalue weighted by atomic mass is 9.80. The van der Waals surface area contributed by atoms with Crippen LogP contribution in [0.4, 0.5) is 0 Å². The molecule has 0 aliphatic heterocycles. The zero-order valence-electron chi connectivity index (χ0n) is 6.79. The fourth-order valence-corrected chi connectivity index (χ4v) is 2.93. The molecule has 0 amide bonds. The number of halogens is 2. The third-order valence-electron chi connectivity index (χ3n) is 1.55. The monoisotopic (exact) mass is 404 g/mol. The van der Waals surface area contributed by atoms with Crippen LogP contribution in [0.25, 0.3) is 0 Å². The van der Waals surface area contributed by atoms with Gasteiger partial charge in [0.2, 0.25) is 0 Å². The van der Waals surface area contributed by atoms with Crippen molar-refractivity contribution < 1.29 is 14.8 Å². The van der Waals surface area contributed by atoms with Crippen LogP contribution in [0.1, 0.15) is 0 Å². The van der Waals surface area contributed by atoms with Crippen LogP contribution in [0.5, 0.6) is 5.75 Å². The van der Waals surface area contributed by atoms with Crippen LogP contribution in [0.15, 0.2) is 12.1 Å². The Balaban J connectivity index is 3.22. The molecule has 0 heterocycles. The molecule has 6 heteroatoms. The molecule has 0 unspecified atom stereocenters. The summed E-state index contributed by atoms with van der Waals surface area (Å²) in [6, 6.07) is 3.48. The fraction of sp³-hybridized carbons (Fsp3) is 0.143. The molecule has 70 valence electrons. The average molecular weight is 404 g/mol. The van der Waals surface area contributed by atoms with Crippen molar-refractivity contribution in [1.29, 1.82) is 0 Å². The van der Waals surface area contributed by atoms with Crippen molar-refractivity contribution in [1.82, 2.24) is 0 Å². The summed E-state index contributed by atoms with van der Waals surface area (Å²) in [7, 11) is 0.107. The molecule has 0 atom stereocenters. The van der Waals surface area contributed by atoms with Gasteiger partial charge in [-0.1, -0.05) is 0 Å². The molecule has 0 spiro atoms. The quantitative estimate of drug-likeness (QED) is 0.561. The Morgan fingerprint density at radius 3 is 2.31 bits per heavy atom. The Bertz CT molecular complexity index is 317. The average Bonchev–Trinajstić information content (AvgIpc) is 2.03. The molecule has 0 fully saturated rings. The largest absolute Gasteiger partial charge is 0.496 e. The molecule has 2 N–H and O–H groups in total. The van der Waals surface area contributed by atoms with Crippen molar-refractivity contribution in [3.8, 4) is 5.75 Å². The van der Waals surface area contributed by atoms with Crippen molar-refractivity contribution >= 4 is 57.8 Å². The first-order valence-corrected chi connectivity index (χ1v) is 5.61. The van der Waals surface area contributed by atoms with Crippen molar-refractivity contribution in [3.63, 3.8) is 0 Å². The molecule has 0 aliphatic carbocycles. The SMILES string of the molecule is COc1cc(B(O)O)c(I)cc1I. The molecule has 1 aromatic carbocycles. The highest BCUT2D eigenvalue weighted by Gasteiger charge is 2.17. The van der Waals surface area contributed by atoms with E-state index in [1.54, 1.807) is 13.2 Å². The molecule has 13 heavy (non-hydrogen) atoms. The number of ether oxygens (including phenoxy) is 1. The van der Waals surface area contributed by atoms with Crippen LogP contribution in [0, 0.1) is 7.14 Å². The van der Waals surface area contributed by atoms with E-state index in [2.05, 4.69) is 45.2 Å². The first-order chi connectivity index (χ1) is 6.06.